The molecule has 0 unspecified atom stereocenters. The number of hydrogen-bond donors (Lipinski definition) is 0. The Morgan fingerprint density at radius 2 is 0.667 bits per heavy atom. The standard InChI is InChI=1S/C22H36N2/c1-13-14(2)18(6)23(17(13)5)21-9-11-22(12-10-21)24-19(7)15(3)16(4)20(24)8/h9-20H,1-8H3/t13-,14+,15-,16+,17-,18+,19-,20+. The Bertz CT molecular complexity index is 487. The molecule has 2 aliphatic rings. The highest BCUT2D eigenvalue weighted by molar-refractivity contribution is 5.59. The van der Waals surface area contributed by atoms with Gasteiger partial charge in [0.05, 0.1) is 0 Å². The molecule has 2 fully saturated rings. The largest absolute Gasteiger partial charge is 0.366 e. The van der Waals surface area contributed by atoms with Crippen LogP contribution in [0.2, 0.25) is 0 Å². The van der Waals surface area contributed by atoms with Gasteiger partial charge >= 0.3 is 0 Å². The lowest BCUT2D eigenvalue weighted by molar-refractivity contribution is 0.413. The highest BCUT2D eigenvalue weighted by Gasteiger charge is 2.41. The summed E-state index contributed by atoms with van der Waals surface area (Å²) in [5.41, 5.74) is 2.77. The molecule has 0 aliphatic carbocycles. The monoisotopic (exact) mass is 328 g/mol. The summed E-state index contributed by atoms with van der Waals surface area (Å²) in [6.45, 7) is 19.1. The summed E-state index contributed by atoms with van der Waals surface area (Å²) in [6.07, 6.45) is 0. The molecule has 0 aromatic heterocycles. The number of nitrogens with zero attached hydrogens (tertiary/aromatic N) is 2. The summed E-state index contributed by atoms with van der Waals surface area (Å²) < 4.78 is 0. The fourth-order valence-electron chi connectivity index (χ4n) is 5.25. The molecule has 1 aromatic carbocycles. The van der Waals surface area contributed by atoms with E-state index in [0.29, 0.717) is 24.2 Å². The lowest BCUT2D eigenvalue weighted by Crippen LogP contribution is -2.35. The second kappa shape index (κ2) is 6.28. The Morgan fingerprint density at radius 1 is 0.458 bits per heavy atom. The van der Waals surface area contributed by atoms with E-state index in [0.717, 1.165) is 23.7 Å². The molecule has 134 valence electrons. The minimum Gasteiger partial charge on any atom is -0.366 e. The molecule has 2 aliphatic heterocycles. The Balaban J connectivity index is 1.84. The van der Waals surface area contributed by atoms with Crippen molar-refractivity contribution in [2.24, 2.45) is 23.7 Å². The van der Waals surface area contributed by atoms with Crippen LogP contribution in [0, 0.1) is 23.7 Å². The van der Waals surface area contributed by atoms with Crippen molar-refractivity contribution in [2.45, 2.75) is 79.6 Å². The van der Waals surface area contributed by atoms with Crippen LogP contribution in [0.4, 0.5) is 11.4 Å². The first-order valence-corrected chi connectivity index (χ1v) is 9.92. The zero-order valence-electron chi connectivity index (χ0n) is 16.8. The molecule has 1 aromatic rings. The zero-order chi connectivity index (χ0) is 17.8. The van der Waals surface area contributed by atoms with Crippen LogP contribution >= 0.6 is 0 Å². The number of hydrogen-bond acceptors (Lipinski definition) is 2. The van der Waals surface area contributed by atoms with E-state index in [9.17, 15) is 0 Å². The van der Waals surface area contributed by atoms with Gasteiger partial charge in [-0.2, -0.15) is 0 Å². The predicted molar refractivity (Wildman–Crippen MR) is 106 cm³/mol. The van der Waals surface area contributed by atoms with Gasteiger partial charge in [0.1, 0.15) is 0 Å². The van der Waals surface area contributed by atoms with Gasteiger partial charge in [-0.15, -0.1) is 0 Å². The molecule has 0 saturated carbocycles. The summed E-state index contributed by atoms with van der Waals surface area (Å²) in [6, 6.07) is 11.9. The van der Waals surface area contributed by atoms with Gasteiger partial charge in [-0.1, -0.05) is 27.7 Å². The van der Waals surface area contributed by atoms with E-state index in [-0.39, 0.29) is 0 Å². The molecule has 2 saturated heterocycles. The zero-order valence-corrected chi connectivity index (χ0v) is 16.8. The van der Waals surface area contributed by atoms with E-state index in [1.807, 2.05) is 0 Å². The molecule has 0 radical (unpaired) electrons. The molecule has 8 atom stereocenters. The quantitative estimate of drug-likeness (QED) is 0.714. The van der Waals surface area contributed by atoms with Crippen LogP contribution in [0.5, 0.6) is 0 Å². The fraction of sp³-hybridized carbons (Fsp3) is 0.727. The van der Waals surface area contributed by atoms with Crippen LogP contribution in [0.25, 0.3) is 0 Å². The normalized spacial score (nSPS) is 42.8. The first-order chi connectivity index (χ1) is 11.3. The van der Waals surface area contributed by atoms with Crippen LogP contribution in [0.15, 0.2) is 24.3 Å². The van der Waals surface area contributed by atoms with Gasteiger partial charge in [-0.25, -0.2) is 0 Å². The molecular formula is C22H36N2. The highest BCUT2D eigenvalue weighted by atomic mass is 15.2. The van der Waals surface area contributed by atoms with Gasteiger partial charge in [0, 0.05) is 35.5 Å². The Kier molecular flexibility index (Phi) is 4.61. The number of anilines is 2. The van der Waals surface area contributed by atoms with Crippen molar-refractivity contribution in [1.29, 1.82) is 0 Å². The molecule has 0 spiro atoms. The number of benzene rings is 1. The Morgan fingerprint density at radius 3 is 0.875 bits per heavy atom. The summed E-state index contributed by atoms with van der Waals surface area (Å²) in [7, 11) is 0. The third kappa shape index (κ3) is 2.53. The molecule has 0 N–H and O–H groups in total. The first-order valence-electron chi connectivity index (χ1n) is 9.92. The maximum absolute atomic E-state index is 2.63. The average molecular weight is 329 g/mol. The summed E-state index contributed by atoms with van der Waals surface area (Å²) >= 11 is 0. The topological polar surface area (TPSA) is 6.48 Å². The minimum absolute atomic E-state index is 0.616. The Labute approximate surface area is 149 Å². The van der Waals surface area contributed by atoms with Crippen molar-refractivity contribution >= 4 is 11.4 Å². The third-order valence-corrected chi connectivity index (χ3v) is 7.90. The smallest absolute Gasteiger partial charge is 0.0372 e. The van der Waals surface area contributed by atoms with Gasteiger partial charge in [0.2, 0.25) is 0 Å². The fourth-order valence-corrected chi connectivity index (χ4v) is 5.25. The maximum atomic E-state index is 2.63. The Hall–Kier alpha value is -1.18. The molecule has 3 rings (SSSR count). The molecule has 0 bridgehead atoms. The van der Waals surface area contributed by atoms with Crippen LogP contribution in [0.1, 0.15) is 55.4 Å². The van der Waals surface area contributed by atoms with Crippen LogP contribution < -0.4 is 9.80 Å². The first kappa shape index (κ1) is 17.6. The summed E-state index contributed by atoms with van der Waals surface area (Å²) in [4.78, 5) is 5.25. The maximum Gasteiger partial charge on any atom is 0.0372 e. The van der Waals surface area contributed by atoms with Gasteiger partial charge in [0.15, 0.2) is 0 Å². The van der Waals surface area contributed by atoms with E-state index < -0.39 is 0 Å². The van der Waals surface area contributed by atoms with E-state index in [1.54, 1.807) is 0 Å². The second-order valence-electron chi connectivity index (χ2n) is 8.73. The van der Waals surface area contributed by atoms with E-state index in [1.165, 1.54) is 11.4 Å². The summed E-state index contributed by atoms with van der Waals surface area (Å²) in [5, 5.41) is 0. The van der Waals surface area contributed by atoms with E-state index in [4.69, 9.17) is 0 Å². The molecule has 2 heteroatoms. The van der Waals surface area contributed by atoms with Crippen LogP contribution in [-0.2, 0) is 0 Å². The van der Waals surface area contributed by atoms with E-state index >= 15 is 0 Å². The summed E-state index contributed by atoms with van der Waals surface area (Å²) in [5.74, 6) is 3.00. The van der Waals surface area contributed by atoms with Crippen LogP contribution in [-0.4, -0.2) is 24.2 Å². The van der Waals surface area contributed by atoms with Gasteiger partial charge in [-0.3, -0.25) is 0 Å². The molecule has 2 nitrogen and oxygen atoms in total. The molecule has 0 amide bonds. The van der Waals surface area contributed by atoms with Crippen molar-refractivity contribution in [3.8, 4) is 0 Å². The predicted octanol–water partition coefficient (Wildman–Crippen LogP) is 5.43. The van der Waals surface area contributed by atoms with Crippen molar-refractivity contribution in [3.63, 3.8) is 0 Å². The molecular weight excluding hydrogens is 292 g/mol. The van der Waals surface area contributed by atoms with Gasteiger partial charge in [0.25, 0.3) is 0 Å². The van der Waals surface area contributed by atoms with Gasteiger partial charge < -0.3 is 9.80 Å². The van der Waals surface area contributed by atoms with Gasteiger partial charge in [-0.05, 0) is 75.6 Å². The van der Waals surface area contributed by atoms with E-state index in [2.05, 4.69) is 89.5 Å². The lowest BCUT2D eigenvalue weighted by atomic mass is 9.92. The molecule has 24 heavy (non-hydrogen) atoms. The SMILES string of the molecule is C[C@@H]1[C@H](C)[C@H](C)N(c2ccc(N3[C@H](C)[C@H](C)[C@H](C)[C@@H]3C)cc2)[C@@H]1C. The lowest BCUT2D eigenvalue weighted by Gasteiger charge is -2.33. The minimum atomic E-state index is 0.616. The van der Waals surface area contributed by atoms with Crippen molar-refractivity contribution in [1.82, 2.24) is 0 Å². The number of rotatable bonds is 2. The second-order valence-corrected chi connectivity index (χ2v) is 8.73. The average Bonchev–Trinajstić information content (AvgIpc) is 2.88. The van der Waals surface area contributed by atoms with Crippen LogP contribution in [0.3, 0.4) is 0 Å². The van der Waals surface area contributed by atoms with Crippen molar-refractivity contribution in [2.75, 3.05) is 9.80 Å². The molecule has 2 heterocycles. The van der Waals surface area contributed by atoms with Crippen molar-refractivity contribution in [3.05, 3.63) is 24.3 Å². The highest BCUT2D eigenvalue weighted by Crippen LogP contribution is 2.41. The third-order valence-electron chi connectivity index (χ3n) is 7.90. The van der Waals surface area contributed by atoms with Crippen molar-refractivity contribution < 1.29 is 0 Å².